The molecular weight excluding hydrogens is 212 g/mol. The second-order valence-corrected chi connectivity index (χ2v) is 5.84. The average molecular weight is 238 g/mol. The van der Waals surface area contributed by atoms with Gasteiger partial charge in [0.1, 0.15) is 0 Å². The van der Waals surface area contributed by atoms with Crippen LogP contribution in [0.2, 0.25) is 0 Å². The molecule has 2 rings (SSSR count). The zero-order valence-electron chi connectivity index (χ0n) is 11.3. The number of ether oxygens (including phenoxy) is 2. The van der Waals surface area contributed by atoms with Gasteiger partial charge < -0.3 is 9.47 Å². The summed E-state index contributed by atoms with van der Waals surface area (Å²) in [6, 6.07) is 0. The van der Waals surface area contributed by atoms with Gasteiger partial charge in [0.2, 0.25) is 0 Å². The van der Waals surface area contributed by atoms with Crippen LogP contribution in [0.25, 0.3) is 0 Å². The minimum atomic E-state index is 0.0734. The Morgan fingerprint density at radius 2 is 2.06 bits per heavy atom. The summed E-state index contributed by atoms with van der Waals surface area (Å²) >= 11 is 0. The van der Waals surface area contributed by atoms with E-state index in [1.54, 1.807) is 5.57 Å². The molecule has 2 heteroatoms. The van der Waals surface area contributed by atoms with Crippen molar-refractivity contribution >= 4 is 0 Å². The zero-order valence-corrected chi connectivity index (χ0v) is 11.3. The van der Waals surface area contributed by atoms with Gasteiger partial charge in [-0.05, 0) is 43.9 Å². The molecule has 0 aromatic heterocycles. The van der Waals surface area contributed by atoms with E-state index in [1.807, 2.05) is 0 Å². The molecule has 0 amide bonds. The Morgan fingerprint density at radius 3 is 2.65 bits per heavy atom. The molecule has 2 aliphatic rings. The number of hydrogen-bond donors (Lipinski definition) is 0. The highest BCUT2D eigenvalue weighted by Gasteiger charge is 2.19. The summed E-state index contributed by atoms with van der Waals surface area (Å²) < 4.78 is 10.9. The van der Waals surface area contributed by atoms with Gasteiger partial charge in [-0.3, -0.25) is 0 Å². The van der Waals surface area contributed by atoms with Gasteiger partial charge in [-0.25, -0.2) is 0 Å². The van der Waals surface area contributed by atoms with Crippen molar-refractivity contribution in [2.24, 2.45) is 11.8 Å². The highest BCUT2D eigenvalue weighted by molar-refractivity contribution is 5.06. The largest absolute Gasteiger partial charge is 0.350 e. The van der Waals surface area contributed by atoms with Crippen molar-refractivity contribution < 1.29 is 9.47 Å². The van der Waals surface area contributed by atoms with Crippen molar-refractivity contribution in [2.75, 3.05) is 13.2 Å². The first-order valence-corrected chi connectivity index (χ1v) is 7.15. The Morgan fingerprint density at radius 1 is 1.29 bits per heavy atom. The summed E-state index contributed by atoms with van der Waals surface area (Å²) in [5.41, 5.74) is 1.63. The SMILES string of the molecule is CC(C)CC1CC=C(CCC2OCCO2)CC1. The summed E-state index contributed by atoms with van der Waals surface area (Å²) in [6.07, 6.45) is 10.1. The van der Waals surface area contributed by atoms with Crippen molar-refractivity contribution in [3.63, 3.8) is 0 Å². The second kappa shape index (κ2) is 6.55. The first kappa shape index (κ1) is 13.1. The molecule has 1 aliphatic carbocycles. The van der Waals surface area contributed by atoms with Crippen LogP contribution in [0, 0.1) is 11.8 Å². The van der Waals surface area contributed by atoms with E-state index in [9.17, 15) is 0 Å². The van der Waals surface area contributed by atoms with Crippen LogP contribution in [-0.2, 0) is 9.47 Å². The molecule has 1 unspecified atom stereocenters. The number of rotatable bonds is 5. The molecule has 0 saturated carbocycles. The maximum absolute atomic E-state index is 5.47. The molecule has 0 aromatic rings. The van der Waals surface area contributed by atoms with E-state index in [0.29, 0.717) is 0 Å². The van der Waals surface area contributed by atoms with Crippen molar-refractivity contribution in [3.05, 3.63) is 11.6 Å². The van der Waals surface area contributed by atoms with Gasteiger partial charge >= 0.3 is 0 Å². The highest BCUT2D eigenvalue weighted by atomic mass is 16.7. The first-order chi connectivity index (χ1) is 8.24. The Hall–Kier alpha value is -0.340. The lowest BCUT2D eigenvalue weighted by Gasteiger charge is -2.23. The lowest BCUT2D eigenvalue weighted by atomic mass is 9.83. The standard InChI is InChI=1S/C15H26O2/c1-12(2)11-14-5-3-13(4-6-14)7-8-15-16-9-10-17-15/h3,12,14-15H,4-11H2,1-2H3. The highest BCUT2D eigenvalue weighted by Crippen LogP contribution is 2.31. The molecule has 1 saturated heterocycles. The van der Waals surface area contributed by atoms with Gasteiger partial charge in [0.15, 0.2) is 6.29 Å². The van der Waals surface area contributed by atoms with Crippen LogP contribution < -0.4 is 0 Å². The summed E-state index contributed by atoms with van der Waals surface area (Å²) in [6.45, 7) is 6.21. The van der Waals surface area contributed by atoms with Gasteiger partial charge in [-0.15, -0.1) is 0 Å². The fraction of sp³-hybridized carbons (Fsp3) is 0.867. The van der Waals surface area contributed by atoms with Gasteiger partial charge in [0.05, 0.1) is 13.2 Å². The van der Waals surface area contributed by atoms with Crippen LogP contribution in [-0.4, -0.2) is 19.5 Å². The topological polar surface area (TPSA) is 18.5 Å². The van der Waals surface area contributed by atoms with Crippen molar-refractivity contribution in [3.8, 4) is 0 Å². The van der Waals surface area contributed by atoms with Crippen molar-refractivity contribution in [1.82, 2.24) is 0 Å². The maximum atomic E-state index is 5.47. The molecule has 98 valence electrons. The lowest BCUT2D eigenvalue weighted by Crippen LogP contribution is -2.11. The van der Waals surface area contributed by atoms with E-state index >= 15 is 0 Å². The fourth-order valence-corrected chi connectivity index (χ4v) is 2.93. The monoisotopic (exact) mass is 238 g/mol. The molecule has 1 fully saturated rings. The molecule has 0 aromatic carbocycles. The van der Waals surface area contributed by atoms with Crippen LogP contribution in [0.1, 0.15) is 52.4 Å². The van der Waals surface area contributed by atoms with Gasteiger partial charge in [0.25, 0.3) is 0 Å². The third-order valence-electron chi connectivity index (χ3n) is 3.81. The zero-order chi connectivity index (χ0) is 12.1. The molecule has 2 nitrogen and oxygen atoms in total. The molecule has 0 N–H and O–H groups in total. The molecule has 1 aliphatic heterocycles. The predicted molar refractivity (Wildman–Crippen MR) is 69.8 cm³/mol. The number of allylic oxidation sites excluding steroid dienone is 2. The van der Waals surface area contributed by atoms with Crippen molar-refractivity contribution in [2.45, 2.75) is 58.7 Å². The summed E-state index contributed by atoms with van der Waals surface area (Å²) in [4.78, 5) is 0. The van der Waals surface area contributed by atoms with Crippen LogP contribution in [0.4, 0.5) is 0 Å². The maximum Gasteiger partial charge on any atom is 0.158 e. The Balaban J connectivity index is 1.67. The minimum absolute atomic E-state index is 0.0734. The quantitative estimate of drug-likeness (QED) is 0.676. The third-order valence-corrected chi connectivity index (χ3v) is 3.81. The van der Waals surface area contributed by atoms with Gasteiger partial charge in [0, 0.05) is 6.42 Å². The minimum Gasteiger partial charge on any atom is -0.350 e. The summed E-state index contributed by atoms with van der Waals surface area (Å²) in [5, 5.41) is 0. The van der Waals surface area contributed by atoms with Gasteiger partial charge in [-0.1, -0.05) is 25.5 Å². The molecule has 1 heterocycles. The van der Waals surface area contributed by atoms with E-state index < -0.39 is 0 Å². The van der Waals surface area contributed by atoms with E-state index in [1.165, 1.54) is 32.1 Å². The normalized spacial score (nSPS) is 26.5. The van der Waals surface area contributed by atoms with Crippen LogP contribution in [0.3, 0.4) is 0 Å². The average Bonchev–Trinajstić information content (AvgIpc) is 2.80. The van der Waals surface area contributed by atoms with Crippen molar-refractivity contribution in [1.29, 1.82) is 0 Å². The molecule has 0 radical (unpaired) electrons. The van der Waals surface area contributed by atoms with E-state index in [2.05, 4.69) is 19.9 Å². The fourth-order valence-electron chi connectivity index (χ4n) is 2.93. The van der Waals surface area contributed by atoms with E-state index in [0.717, 1.165) is 31.5 Å². The number of hydrogen-bond acceptors (Lipinski definition) is 2. The van der Waals surface area contributed by atoms with Gasteiger partial charge in [-0.2, -0.15) is 0 Å². The Labute approximate surface area is 105 Å². The Bertz CT molecular complexity index is 252. The Kier molecular flexibility index (Phi) is 5.05. The molecule has 17 heavy (non-hydrogen) atoms. The summed E-state index contributed by atoms with van der Waals surface area (Å²) in [7, 11) is 0. The second-order valence-electron chi connectivity index (χ2n) is 5.84. The smallest absolute Gasteiger partial charge is 0.158 e. The molecule has 0 spiro atoms. The summed E-state index contributed by atoms with van der Waals surface area (Å²) in [5.74, 6) is 1.77. The first-order valence-electron chi connectivity index (χ1n) is 7.15. The molecular formula is C15H26O2. The third kappa shape index (κ3) is 4.44. The van der Waals surface area contributed by atoms with E-state index in [4.69, 9.17) is 9.47 Å². The van der Waals surface area contributed by atoms with E-state index in [-0.39, 0.29) is 6.29 Å². The molecule has 1 atom stereocenters. The predicted octanol–water partition coefficient (Wildman–Crippen LogP) is 3.91. The van der Waals surface area contributed by atoms with Crippen LogP contribution >= 0.6 is 0 Å². The molecule has 0 bridgehead atoms. The van der Waals surface area contributed by atoms with Crippen LogP contribution in [0.15, 0.2) is 11.6 Å². The van der Waals surface area contributed by atoms with Crippen LogP contribution in [0.5, 0.6) is 0 Å². The lowest BCUT2D eigenvalue weighted by molar-refractivity contribution is -0.0463.